The number of hydrogen-bond acceptors (Lipinski definition) is 8. The summed E-state index contributed by atoms with van der Waals surface area (Å²) in [6, 6.07) is 30.9. The summed E-state index contributed by atoms with van der Waals surface area (Å²) < 4.78 is 36.5. The number of carbonyl (C=O) groups is 2. The Labute approximate surface area is 281 Å². The Bertz CT molecular complexity index is 1690. The predicted octanol–water partition coefficient (Wildman–Crippen LogP) is 8.17. The molecule has 0 fully saturated rings. The highest BCUT2D eigenvalue weighted by Gasteiger charge is 2.23. The Morgan fingerprint density at radius 3 is 1.25 bits per heavy atom. The SMILES string of the molecule is CCC(=O)OC(COc1ccccc1)COc1c2ccc(C)cc2c(OCC(COc2ccccc2)OC(=O)CC)c2ccc(C)cc12. The maximum atomic E-state index is 12.3. The van der Waals surface area contributed by atoms with Crippen LogP contribution in [0.3, 0.4) is 0 Å². The smallest absolute Gasteiger partial charge is 0.306 e. The van der Waals surface area contributed by atoms with E-state index >= 15 is 0 Å². The Morgan fingerprint density at radius 2 is 0.875 bits per heavy atom. The van der Waals surface area contributed by atoms with Gasteiger partial charge in [0.1, 0.15) is 49.4 Å². The lowest BCUT2D eigenvalue weighted by Gasteiger charge is -2.23. The van der Waals surface area contributed by atoms with Crippen LogP contribution in [0, 0.1) is 13.8 Å². The summed E-state index contributed by atoms with van der Waals surface area (Å²) >= 11 is 0. The standard InChI is InChI=1S/C40H42O8/c1-5-37(41)47-31(23-43-29-13-9-7-10-14-29)25-45-39-33-19-17-28(4)22-36(33)40(34-20-18-27(3)21-35(34)39)46-26-32(48-38(42)6-2)24-44-30-15-11-8-12-16-30/h7-22,31-32H,5-6,23-26H2,1-4H3. The van der Waals surface area contributed by atoms with Crippen molar-refractivity contribution in [3.05, 3.63) is 108 Å². The minimum atomic E-state index is -0.646. The fourth-order valence-electron chi connectivity index (χ4n) is 5.22. The van der Waals surface area contributed by atoms with Gasteiger partial charge in [0.15, 0.2) is 12.2 Å². The number of esters is 2. The largest absolute Gasteiger partial charge is 0.490 e. The van der Waals surface area contributed by atoms with Crippen molar-refractivity contribution in [2.24, 2.45) is 0 Å². The van der Waals surface area contributed by atoms with E-state index in [1.54, 1.807) is 13.8 Å². The summed E-state index contributed by atoms with van der Waals surface area (Å²) in [5.41, 5.74) is 2.08. The van der Waals surface area contributed by atoms with E-state index in [0.717, 1.165) is 32.7 Å². The molecule has 0 aliphatic carbocycles. The van der Waals surface area contributed by atoms with Crippen LogP contribution in [0.1, 0.15) is 37.8 Å². The topological polar surface area (TPSA) is 89.5 Å². The first kappa shape index (κ1) is 34.1. The molecule has 0 aliphatic rings. The van der Waals surface area contributed by atoms with Crippen LogP contribution in [0.25, 0.3) is 21.5 Å². The van der Waals surface area contributed by atoms with E-state index in [1.807, 2.05) is 98.8 Å². The van der Waals surface area contributed by atoms with Gasteiger partial charge in [-0.15, -0.1) is 0 Å². The molecule has 0 bridgehead atoms. The van der Waals surface area contributed by atoms with Gasteiger partial charge in [-0.25, -0.2) is 0 Å². The molecule has 0 saturated carbocycles. The summed E-state index contributed by atoms with van der Waals surface area (Å²) in [4.78, 5) is 24.7. The maximum absolute atomic E-state index is 12.3. The van der Waals surface area contributed by atoms with Crippen molar-refractivity contribution < 1.29 is 38.0 Å². The number of fused-ring (bicyclic) bond motifs is 2. The Kier molecular flexibility index (Phi) is 11.8. The molecule has 5 rings (SSSR count). The van der Waals surface area contributed by atoms with Crippen molar-refractivity contribution in [3.63, 3.8) is 0 Å². The zero-order chi connectivity index (χ0) is 33.9. The zero-order valence-corrected chi connectivity index (χ0v) is 27.9. The van der Waals surface area contributed by atoms with Crippen molar-refractivity contribution in [1.82, 2.24) is 0 Å². The third-order valence-electron chi connectivity index (χ3n) is 7.69. The van der Waals surface area contributed by atoms with Gasteiger partial charge in [-0.2, -0.15) is 0 Å². The molecule has 0 radical (unpaired) electrons. The summed E-state index contributed by atoms with van der Waals surface area (Å²) in [5, 5.41) is 3.35. The van der Waals surface area contributed by atoms with Gasteiger partial charge < -0.3 is 28.4 Å². The lowest BCUT2D eigenvalue weighted by molar-refractivity contribution is -0.152. The molecule has 8 heteroatoms. The summed E-state index contributed by atoms with van der Waals surface area (Å²) in [5.74, 6) is 1.98. The molecule has 0 spiro atoms. The molecule has 2 unspecified atom stereocenters. The number of aryl methyl sites for hydroxylation is 2. The third kappa shape index (κ3) is 8.97. The van der Waals surface area contributed by atoms with Crippen molar-refractivity contribution in [2.45, 2.75) is 52.7 Å². The molecule has 250 valence electrons. The van der Waals surface area contributed by atoms with Crippen LogP contribution in [0.5, 0.6) is 23.0 Å². The first-order valence-corrected chi connectivity index (χ1v) is 16.3. The normalized spacial score (nSPS) is 12.2. The monoisotopic (exact) mass is 650 g/mol. The minimum Gasteiger partial charge on any atom is -0.490 e. The molecular weight excluding hydrogens is 608 g/mol. The zero-order valence-electron chi connectivity index (χ0n) is 27.9. The Balaban J connectivity index is 1.46. The lowest BCUT2D eigenvalue weighted by Crippen LogP contribution is -2.31. The molecule has 0 N–H and O–H groups in total. The number of carbonyl (C=O) groups excluding carboxylic acids is 2. The van der Waals surface area contributed by atoms with E-state index in [4.69, 9.17) is 28.4 Å². The molecule has 2 atom stereocenters. The number of rotatable bonds is 16. The van der Waals surface area contributed by atoms with Crippen LogP contribution in [-0.2, 0) is 19.1 Å². The highest BCUT2D eigenvalue weighted by molar-refractivity contribution is 6.11. The van der Waals surface area contributed by atoms with Crippen LogP contribution >= 0.6 is 0 Å². The molecule has 0 aromatic heterocycles. The second kappa shape index (κ2) is 16.5. The average molecular weight is 651 g/mol. The van der Waals surface area contributed by atoms with Gasteiger partial charge in [0.2, 0.25) is 0 Å². The quantitative estimate of drug-likeness (QED) is 0.0781. The fourth-order valence-corrected chi connectivity index (χ4v) is 5.22. The third-order valence-corrected chi connectivity index (χ3v) is 7.69. The van der Waals surface area contributed by atoms with Gasteiger partial charge in [-0.3, -0.25) is 9.59 Å². The van der Waals surface area contributed by atoms with Crippen molar-refractivity contribution in [2.75, 3.05) is 26.4 Å². The number of hydrogen-bond donors (Lipinski definition) is 0. The predicted molar refractivity (Wildman–Crippen MR) is 186 cm³/mol. The molecular formula is C40H42O8. The molecule has 5 aromatic carbocycles. The number of para-hydroxylation sites is 2. The summed E-state index contributed by atoms with van der Waals surface area (Å²) in [7, 11) is 0. The van der Waals surface area contributed by atoms with E-state index < -0.39 is 12.2 Å². The molecule has 0 amide bonds. The Morgan fingerprint density at radius 1 is 0.500 bits per heavy atom. The molecule has 48 heavy (non-hydrogen) atoms. The number of ether oxygens (including phenoxy) is 6. The van der Waals surface area contributed by atoms with Gasteiger partial charge in [-0.1, -0.05) is 85.6 Å². The van der Waals surface area contributed by atoms with Gasteiger partial charge in [0.05, 0.1) is 0 Å². The average Bonchev–Trinajstić information content (AvgIpc) is 3.11. The lowest BCUT2D eigenvalue weighted by atomic mass is 9.97. The van der Waals surface area contributed by atoms with E-state index in [0.29, 0.717) is 23.0 Å². The maximum Gasteiger partial charge on any atom is 0.306 e. The van der Waals surface area contributed by atoms with Gasteiger partial charge >= 0.3 is 11.9 Å². The highest BCUT2D eigenvalue weighted by atomic mass is 16.6. The van der Waals surface area contributed by atoms with Crippen LogP contribution in [0.15, 0.2) is 97.1 Å². The van der Waals surface area contributed by atoms with Crippen LogP contribution < -0.4 is 18.9 Å². The number of benzene rings is 5. The highest BCUT2D eigenvalue weighted by Crippen LogP contribution is 2.43. The fraction of sp³-hybridized carbons (Fsp3) is 0.300. The van der Waals surface area contributed by atoms with Crippen molar-refractivity contribution in [1.29, 1.82) is 0 Å². The molecule has 5 aromatic rings. The van der Waals surface area contributed by atoms with Crippen LogP contribution in [-0.4, -0.2) is 50.6 Å². The van der Waals surface area contributed by atoms with E-state index in [-0.39, 0.29) is 51.2 Å². The summed E-state index contributed by atoms with van der Waals surface area (Å²) in [6.07, 6.45) is -0.813. The van der Waals surface area contributed by atoms with Crippen LogP contribution in [0.2, 0.25) is 0 Å². The van der Waals surface area contributed by atoms with E-state index in [9.17, 15) is 9.59 Å². The van der Waals surface area contributed by atoms with Crippen molar-refractivity contribution in [3.8, 4) is 23.0 Å². The van der Waals surface area contributed by atoms with Gasteiger partial charge in [0, 0.05) is 34.4 Å². The van der Waals surface area contributed by atoms with E-state index in [2.05, 4.69) is 12.1 Å². The molecule has 0 aliphatic heterocycles. The summed E-state index contributed by atoms with van der Waals surface area (Å²) in [6.45, 7) is 7.97. The van der Waals surface area contributed by atoms with Crippen molar-refractivity contribution >= 4 is 33.5 Å². The molecule has 0 saturated heterocycles. The second-order valence-electron chi connectivity index (χ2n) is 11.6. The second-order valence-corrected chi connectivity index (χ2v) is 11.6. The van der Waals surface area contributed by atoms with Gasteiger partial charge in [-0.05, 0) is 50.2 Å². The van der Waals surface area contributed by atoms with E-state index in [1.165, 1.54) is 0 Å². The molecule has 8 nitrogen and oxygen atoms in total. The Hall–Kier alpha value is -5.24. The van der Waals surface area contributed by atoms with Crippen LogP contribution in [0.4, 0.5) is 0 Å². The first-order valence-electron chi connectivity index (χ1n) is 16.3. The minimum absolute atomic E-state index is 0.0800. The van der Waals surface area contributed by atoms with Gasteiger partial charge in [0.25, 0.3) is 0 Å². The first-order chi connectivity index (χ1) is 23.3. The molecule has 0 heterocycles.